The predicted octanol–water partition coefficient (Wildman–Crippen LogP) is 0.196. The van der Waals surface area contributed by atoms with Gasteiger partial charge in [-0.25, -0.2) is 0 Å². The lowest BCUT2D eigenvalue weighted by Gasteiger charge is -2.23. The van der Waals surface area contributed by atoms with Gasteiger partial charge in [0, 0.05) is 12.6 Å². The van der Waals surface area contributed by atoms with Crippen LogP contribution in [0, 0.1) is 0 Å². The lowest BCUT2D eigenvalue weighted by Crippen LogP contribution is -2.39. The van der Waals surface area contributed by atoms with E-state index in [9.17, 15) is 4.79 Å². The molecule has 0 bridgehead atoms. The van der Waals surface area contributed by atoms with Crippen molar-refractivity contribution in [2.75, 3.05) is 33.7 Å². The molecule has 0 saturated carbocycles. The number of carbonyl (C=O) groups excluding carboxylic acids is 1. The van der Waals surface area contributed by atoms with E-state index in [-0.39, 0.29) is 5.91 Å². The summed E-state index contributed by atoms with van der Waals surface area (Å²) in [4.78, 5) is 13.2. The van der Waals surface area contributed by atoms with Gasteiger partial charge in [0.1, 0.15) is 0 Å². The van der Waals surface area contributed by atoms with Crippen molar-refractivity contribution in [1.29, 1.82) is 0 Å². The second-order valence-corrected chi connectivity index (χ2v) is 4.52. The first-order chi connectivity index (χ1) is 7.18. The molecule has 0 spiro atoms. The SMILES string of the molecule is CN(C)CC(=O)NCC[C@@H]1CCCCN1. The van der Waals surface area contributed by atoms with Crippen LogP contribution in [-0.2, 0) is 4.79 Å². The number of hydrogen-bond acceptors (Lipinski definition) is 3. The first-order valence-electron chi connectivity index (χ1n) is 5.83. The van der Waals surface area contributed by atoms with Crippen molar-refractivity contribution in [3.05, 3.63) is 0 Å². The van der Waals surface area contributed by atoms with Crippen molar-refractivity contribution >= 4 is 5.91 Å². The van der Waals surface area contributed by atoms with Crippen LogP contribution in [0.5, 0.6) is 0 Å². The summed E-state index contributed by atoms with van der Waals surface area (Å²) in [6, 6.07) is 0.610. The molecule has 88 valence electrons. The van der Waals surface area contributed by atoms with E-state index in [1.54, 1.807) is 0 Å². The molecule has 0 aliphatic carbocycles. The topological polar surface area (TPSA) is 44.4 Å². The molecular formula is C11H23N3O. The zero-order valence-electron chi connectivity index (χ0n) is 9.88. The Balaban J connectivity index is 2.02. The average Bonchev–Trinajstić information content (AvgIpc) is 2.18. The average molecular weight is 213 g/mol. The van der Waals surface area contributed by atoms with Gasteiger partial charge in [0.25, 0.3) is 0 Å². The third kappa shape index (κ3) is 5.74. The summed E-state index contributed by atoms with van der Waals surface area (Å²) in [6.07, 6.45) is 4.93. The van der Waals surface area contributed by atoms with E-state index < -0.39 is 0 Å². The molecular weight excluding hydrogens is 190 g/mol. The first-order valence-corrected chi connectivity index (χ1v) is 5.83. The molecule has 4 heteroatoms. The third-order valence-corrected chi connectivity index (χ3v) is 2.69. The van der Waals surface area contributed by atoms with Crippen LogP contribution < -0.4 is 10.6 Å². The van der Waals surface area contributed by atoms with E-state index in [2.05, 4.69) is 10.6 Å². The molecule has 15 heavy (non-hydrogen) atoms. The Morgan fingerprint density at radius 3 is 2.87 bits per heavy atom. The fraction of sp³-hybridized carbons (Fsp3) is 0.909. The van der Waals surface area contributed by atoms with Crippen molar-refractivity contribution in [1.82, 2.24) is 15.5 Å². The Morgan fingerprint density at radius 2 is 2.27 bits per heavy atom. The van der Waals surface area contributed by atoms with Crippen LogP contribution in [0.15, 0.2) is 0 Å². The number of amides is 1. The molecule has 1 saturated heterocycles. The number of rotatable bonds is 5. The van der Waals surface area contributed by atoms with Crippen LogP contribution >= 0.6 is 0 Å². The summed E-state index contributed by atoms with van der Waals surface area (Å²) >= 11 is 0. The number of hydrogen-bond donors (Lipinski definition) is 2. The minimum absolute atomic E-state index is 0.121. The number of carbonyl (C=O) groups is 1. The van der Waals surface area contributed by atoms with Crippen LogP contribution in [0.1, 0.15) is 25.7 Å². The molecule has 1 heterocycles. The Labute approximate surface area is 92.4 Å². The lowest BCUT2D eigenvalue weighted by atomic mass is 10.0. The standard InChI is InChI=1S/C11H23N3O/c1-14(2)9-11(15)13-8-6-10-5-3-4-7-12-10/h10,12H,3-9H2,1-2H3,(H,13,15)/t10-/m0/s1. The van der Waals surface area contributed by atoms with E-state index in [1.165, 1.54) is 19.3 Å². The van der Waals surface area contributed by atoms with Crippen LogP contribution in [0.4, 0.5) is 0 Å². The normalized spacial score (nSPS) is 21.7. The molecule has 1 amide bonds. The highest BCUT2D eigenvalue weighted by Gasteiger charge is 2.12. The van der Waals surface area contributed by atoms with Crippen molar-refractivity contribution in [2.45, 2.75) is 31.7 Å². The van der Waals surface area contributed by atoms with Crippen LogP contribution in [0.25, 0.3) is 0 Å². The Kier molecular flexibility index (Phi) is 5.65. The highest BCUT2D eigenvalue weighted by Crippen LogP contribution is 2.08. The van der Waals surface area contributed by atoms with Crippen LogP contribution in [0.3, 0.4) is 0 Å². The van der Waals surface area contributed by atoms with Crippen molar-refractivity contribution in [3.63, 3.8) is 0 Å². The number of nitrogens with zero attached hydrogens (tertiary/aromatic N) is 1. The second kappa shape index (κ2) is 6.80. The van der Waals surface area contributed by atoms with E-state index in [0.717, 1.165) is 19.5 Å². The van der Waals surface area contributed by atoms with Crippen LogP contribution in [0.2, 0.25) is 0 Å². The molecule has 1 atom stereocenters. The van der Waals surface area contributed by atoms with Gasteiger partial charge in [0.2, 0.25) is 5.91 Å². The van der Waals surface area contributed by atoms with Gasteiger partial charge in [-0.1, -0.05) is 6.42 Å². The van der Waals surface area contributed by atoms with Gasteiger partial charge in [-0.2, -0.15) is 0 Å². The lowest BCUT2D eigenvalue weighted by molar-refractivity contribution is -0.121. The molecule has 1 aliphatic heterocycles. The monoisotopic (exact) mass is 213 g/mol. The van der Waals surface area contributed by atoms with Gasteiger partial charge in [-0.15, -0.1) is 0 Å². The Hall–Kier alpha value is -0.610. The number of piperidine rings is 1. The Bertz CT molecular complexity index is 188. The minimum atomic E-state index is 0.121. The molecule has 4 nitrogen and oxygen atoms in total. The smallest absolute Gasteiger partial charge is 0.234 e. The van der Waals surface area contributed by atoms with Crippen molar-refractivity contribution in [3.8, 4) is 0 Å². The zero-order chi connectivity index (χ0) is 11.1. The quantitative estimate of drug-likeness (QED) is 0.685. The second-order valence-electron chi connectivity index (χ2n) is 4.52. The van der Waals surface area contributed by atoms with Gasteiger partial charge in [0.15, 0.2) is 0 Å². The predicted molar refractivity (Wildman–Crippen MR) is 61.8 cm³/mol. The maximum Gasteiger partial charge on any atom is 0.234 e. The molecule has 0 radical (unpaired) electrons. The molecule has 0 aromatic rings. The largest absolute Gasteiger partial charge is 0.355 e. The number of nitrogens with one attached hydrogen (secondary N) is 2. The first kappa shape index (κ1) is 12.5. The highest BCUT2D eigenvalue weighted by atomic mass is 16.1. The summed E-state index contributed by atoms with van der Waals surface area (Å²) < 4.78 is 0. The molecule has 0 aromatic heterocycles. The third-order valence-electron chi connectivity index (χ3n) is 2.69. The summed E-state index contributed by atoms with van der Waals surface area (Å²) in [7, 11) is 3.81. The van der Waals surface area contributed by atoms with E-state index >= 15 is 0 Å². The molecule has 1 fully saturated rings. The van der Waals surface area contributed by atoms with E-state index in [0.29, 0.717) is 12.6 Å². The van der Waals surface area contributed by atoms with Gasteiger partial charge in [-0.05, 0) is 39.9 Å². The summed E-state index contributed by atoms with van der Waals surface area (Å²) in [5, 5.41) is 6.41. The molecule has 0 unspecified atom stereocenters. The molecule has 1 rings (SSSR count). The number of likely N-dealkylation sites (N-methyl/N-ethyl adjacent to an activating group) is 1. The van der Waals surface area contributed by atoms with Gasteiger partial charge >= 0.3 is 0 Å². The maximum absolute atomic E-state index is 11.3. The van der Waals surface area contributed by atoms with Gasteiger partial charge in [0.05, 0.1) is 6.54 Å². The summed E-state index contributed by atoms with van der Waals surface area (Å²) in [5.74, 6) is 0.121. The van der Waals surface area contributed by atoms with Crippen LogP contribution in [-0.4, -0.2) is 50.6 Å². The maximum atomic E-state index is 11.3. The highest BCUT2D eigenvalue weighted by molar-refractivity contribution is 5.77. The summed E-state index contributed by atoms with van der Waals surface area (Å²) in [6.45, 7) is 2.42. The molecule has 2 N–H and O–H groups in total. The van der Waals surface area contributed by atoms with Gasteiger partial charge in [-0.3, -0.25) is 4.79 Å². The van der Waals surface area contributed by atoms with E-state index in [1.807, 2.05) is 19.0 Å². The zero-order valence-corrected chi connectivity index (χ0v) is 9.88. The fourth-order valence-corrected chi connectivity index (χ4v) is 1.90. The van der Waals surface area contributed by atoms with Crippen molar-refractivity contribution in [2.24, 2.45) is 0 Å². The Morgan fingerprint density at radius 1 is 1.47 bits per heavy atom. The van der Waals surface area contributed by atoms with E-state index in [4.69, 9.17) is 0 Å². The fourth-order valence-electron chi connectivity index (χ4n) is 1.90. The molecule has 0 aromatic carbocycles. The van der Waals surface area contributed by atoms with Crippen molar-refractivity contribution < 1.29 is 4.79 Å². The minimum Gasteiger partial charge on any atom is -0.355 e. The molecule has 1 aliphatic rings. The summed E-state index contributed by atoms with van der Waals surface area (Å²) in [5.41, 5.74) is 0. The van der Waals surface area contributed by atoms with Gasteiger partial charge < -0.3 is 15.5 Å².